The zero-order valence-electron chi connectivity index (χ0n) is 11.4. The molecule has 2 saturated heterocycles. The Labute approximate surface area is 113 Å². The number of hydrogen-bond acceptors (Lipinski definition) is 4. The van der Waals surface area contributed by atoms with Crippen LogP contribution in [0.15, 0.2) is 0 Å². The van der Waals surface area contributed by atoms with Crippen molar-refractivity contribution in [3.05, 3.63) is 0 Å². The minimum absolute atomic E-state index is 0.227. The molecule has 2 aliphatic rings. The highest BCUT2D eigenvalue weighted by molar-refractivity contribution is 5.79. The number of carbonyl (C=O) groups is 2. The van der Waals surface area contributed by atoms with E-state index in [0.29, 0.717) is 6.04 Å². The summed E-state index contributed by atoms with van der Waals surface area (Å²) in [6.07, 6.45) is 3.56. The molecule has 3 N–H and O–H groups in total. The number of likely N-dealkylation sites (tertiary alicyclic amines) is 2. The molecule has 2 unspecified atom stereocenters. The van der Waals surface area contributed by atoms with Gasteiger partial charge in [-0.05, 0) is 39.2 Å². The van der Waals surface area contributed by atoms with Crippen LogP contribution in [0.25, 0.3) is 0 Å². The molecule has 2 atom stereocenters. The van der Waals surface area contributed by atoms with Gasteiger partial charge in [-0.25, -0.2) is 0 Å². The van der Waals surface area contributed by atoms with E-state index in [-0.39, 0.29) is 18.0 Å². The predicted octanol–water partition coefficient (Wildman–Crippen LogP) is -0.126. The minimum atomic E-state index is -0.703. The maximum atomic E-state index is 11.2. The van der Waals surface area contributed by atoms with E-state index in [1.54, 1.807) is 0 Å². The lowest BCUT2D eigenvalue weighted by Gasteiger charge is -2.39. The van der Waals surface area contributed by atoms with Gasteiger partial charge in [-0.1, -0.05) is 0 Å². The molecule has 2 heterocycles. The van der Waals surface area contributed by atoms with E-state index in [9.17, 15) is 14.7 Å². The van der Waals surface area contributed by atoms with E-state index in [2.05, 4.69) is 9.80 Å². The first-order chi connectivity index (χ1) is 9.00. The maximum Gasteiger partial charge on any atom is 0.320 e. The monoisotopic (exact) mass is 269 g/mol. The summed E-state index contributed by atoms with van der Waals surface area (Å²) in [7, 11) is 0. The molecule has 1 amide bonds. The molecule has 0 aromatic heterocycles. The van der Waals surface area contributed by atoms with Crippen LogP contribution in [0.3, 0.4) is 0 Å². The number of rotatable bonds is 4. The first kappa shape index (κ1) is 14.3. The number of aliphatic carboxylic acids is 1. The van der Waals surface area contributed by atoms with Gasteiger partial charge in [0.1, 0.15) is 6.04 Å². The second-order valence-electron chi connectivity index (χ2n) is 5.58. The Hall–Kier alpha value is -1.14. The summed E-state index contributed by atoms with van der Waals surface area (Å²) < 4.78 is 0. The van der Waals surface area contributed by atoms with Gasteiger partial charge in [-0.2, -0.15) is 0 Å². The number of carbonyl (C=O) groups excluding carboxylic acids is 1. The van der Waals surface area contributed by atoms with E-state index in [1.165, 1.54) is 0 Å². The molecular weight excluding hydrogens is 246 g/mol. The van der Waals surface area contributed by atoms with Crippen molar-refractivity contribution in [1.82, 2.24) is 9.80 Å². The molecule has 0 saturated carbocycles. The highest BCUT2D eigenvalue weighted by Gasteiger charge is 2.37. The summed E-state index contributed by atoms with van der Waals surface area (Å²) in [6, 6.07) is -0.208. The summed E-state index contributed by atoms with van der Waals surface area (Å²) in [6.45, 7) is 4.35. The van der Waals surface area contributed by atoms with Crippen LogP contribution in [0.1, 0.15) is 32.6 Å². The Morgan fingerprint density at radius 1 is 1.21 bits per heavy atom. The van der Waals surface area contributed by atoms with Gasteiger partial charge in [0, 0.05) is 19.1 Å². The van der Waals surface area contributed by atoms with Crippen molar-refractivity contribution < 1.29 is 14.7 Å². The Morgan fingerprint density at radius 3 is 2.37 bits per heavy atom. The van der Waals surface area contributed by atoms with Crippen LogP contribution < -0.4 is 5.73 Å². The Kier molecular flexibility index (Phi) is 4.42. The third-order valence-corrected chi connectivity index (χ3v) is 4.51. The van der Waals surface area contributed by atoms with Crippen LogP contribution in [-0.2, 0) is 9.59 Å². The maximum absolute atomic E-state index is 11.2. The average molecular weight is 269 g/mol. The highest BCUT2D eigenvalue weighted by atomic mass is 16.4. The number of hydrogen-bond donors (Lipinski definition) is 2. The summed E-state index contributed by atoms with van der Waals surface area (Å²) in [4.78, 5) is 26.6. The fourth-order valence-corrected chi connectivity index (χ4v) is 3.28. The average Bonchev–Trinajstić information content (AvgIpc) is 2.87. The van der Waals surface area contributed by atoms with Crippen LogP contribution in [0, 0.1) is 0 Å². The lowest BCUT2D eigenvalue weighted by Crippen LogP contribution is -2.52. The van der Waals surface area contributed by atoms with E-state index in [0.717, 1.165) is 45.3 Å². The molecule has 19 heavy (non-hydrogen) atoms. The van der Waals surface area contributed by atoms with Gasteiger partial charge in [0.2, 0.25) is 5.91 Å². The lowest BCUT2D eigenvalue weighted by atomic mass is 10.0. The van der Waals surface area contributed by atoms with Crippen LogP contribution in [0.4, 0.5) is 0 Å². The Balaban J connectivity index is 1.89. The molecule has 0 radical (unpaired) electrons. The van der Waals surface area contributed by atoms with Gasteiger partial charge >= 0.3 is 5.97 Å². The number of carboxylic acids is 1. The van der Waals surface area contributed by atoms with Crippen LogP contribution in [0.5, 0.6) is 0 Å². The van der Waals surface area contributed by atoms with Crippen LogP contribution in [0.2, 0.25) is 0 Å². The third kappa shape index (κ3) is 3.06. The molecule has 6 nitrogen and oxygen atoms in total. The SMILES string of the molecule is CC(C(N)=O)N1CCC(N2CCCC2C(=O)O)CC1. The van der Waals surface area contributed by atoms with Crippen molar-refractivity contribution >= 4 is 11.9 Å². The molecular formula is C13H23N3O3. The summed E-state index contributed by atoms with van der Waals surface area (Å²) >= 11 is 0. The normalized spacial score (nSPS) is 28.4. The van der Waals surface area contributed by atoms with Crippen molar-refractivity contribution in [2.45, 2.75) is 50.7 Å². The smallest absolute Gasteiger partial charge is 0.320 e. The molecule has 0 aromatic rings. The molecule has 0 aliphatic carbocycles. The summed E-state index contributed by atoms with van der Waals surface area (Å²) in [5, 5.41) is 9.21. The number of amides is 1. The fraction of sp³-hybridized carbons (Fsp3) is 0.846. The predicted molar refractivity (Wildman–Crippen MR) is 70.6 cm³/mol. The van der Waals surface area contributed by atoms with Crippen molar-refractivity contribution in [2.24, 2.45) is 5.73 Å². The Morgan fingerprint density at radius 2 is 1.84 bits per heavy atom. The first-order valence-corrected chi connectivity index (χ1v) is 7.02. The van der Waals surface area contributed by atoms with Crippen LogP contribution >= 0.6 is 0 Å². The zero-order valence-corrected chi connectivity index (χ0v) is 11.4. The molecule has 0 spiro atoms. The molecule has 6 heteroatoms. The van der Waals surface area contributed by atoms with Crippen LogP contribution in [-0.4, -0.2) is 64.5 Å². The summed E-state index contributed by atoms with van der Waals surface area (Å²) in [5.74, 6) is -0.992. The second kappa shape index (κ2) is 5.88. The number of nitrogens with zero attached hydrogens (tertiary/aromatic N) is 2. The van der Waals surface area contributed by atoms with E-state index >= 15 is 0 Å². The quantitative estimate of drug-likeness (QED) is 0.742. The molecule has 0 aromatic carbocycles. The van der Waals surface area contributed by atoms with E-state index < -0.39 is 5.97 Å². The van der Waals surface area contributed by atoms with Gasteiger partial charge in [0.15, 0.2) is 0 Å². The molecule has 2 rings (SSSR count). The second-order valence-corrected chi connectivity index (χ2v) is 5.58. The number of carboxylic acid groups (broad SMARTS) is 1. The number of nitrogens with two attached hydrogens (primary N) is 1. The first-order valence-electron chi connectivity index (χ1n) is 7.02. The van der Waals surface area contributed by atoms with Crippen molar-refractivity contribution in [2.75, 3.05) is 19.6 Å². The van der Waals surface area contributed by atoms with E-state index in [4.69, 9.17) is 5.73 Å². The van der Waals surface area contributed by atoms with Crippen molar-refractivity contribution in [3.63, 3.8) is 0 Å². The standard InChI is InChI=1S/C13H23N3O3/c1-9(12(14)17)15-7-4-10(5-8-15)16-6-2-3-11(16)13(18)19/h9-11H,2-8H2,1H3,(H2,14,17)(H,18,19). The topological polar surface area (TPSA) is 86.9 Å². The van der Waals surface area contributed by atoms with Crippen molar-refractivity contribution in [3.8, 4) is 0 Å². The number of piperidine rings is 1. The van der Waals surface area contributed by atoms with Crippen molar-refractivity contribution in [1.29, 1.82) is 0 Å². The zero-order chi connectivity index (χ0) is 14.0. The van der Waals surface area contributed by atoms with Gasteiger partial charge in [0.25, 0.3) is 0 Å². The third-order valence-electron chi connectivity index (χ3n) is 4.51. The molecule has 2 fully saturated rings. The summed E-state index contributed by atoms with van der Waals surface area (Å²) in [5.41, 5.74) is 5.32. The lowest BCUT2D eigenvalue weighted by molar-refractivity contribution is -0.143. The van der Waals surface area contributed by atoms with Gasteiger partial charge in [0.05, 0.1) is 6.04 Å². The van der Waals surface area contributed by atoms with Gasteiger partial charge < -0.3 is 10.8 Å². The Bertz CT molecular complexity index is 353. The number of primary amides is 1. The molecule has 2 aliphatic heterocycles. The van der Waals surface area contributed by atoms with Gasteiger partial charge in [-0.15, -0.1) is 0 Å². The fourth-order valence-electron chi connectivity index (χ4n) is 3.28. The highest BCUT2D eigenvalue weighted by Crippen LogP contribution is 2.26. The molecule has 108 valence electrons. The molecule has 0 bridgehead atoms. The largest absolute Gasteiger partial charge is 0.480 e. The van der Waals surface area contributed by atoms with Gasteiger partial charge in [-0.3, -0.25) is 19.4 Å². The van der Waals surface area contributed by atoms with E-state index in [1.807, 2.05) is 6.92 Å². The minimum Gasteiger partial charge on any atom is -0.480 e.